The zero-order chi connectivity index (χ0) is 16.2. The summed E-state index contributed by atoms with van der Waals surface area (Å²) >= 11 is 0. The van der Waals surface area contributed by atoms with Crippen LogP contribution in [0.3, 0.4) is 0 Å². The van der Waals surface area contributed by atoms with Gasteiger partial charge in [-0.25, -0.2) is 0 Å². The molecule has 0 amide bonds. The van der Waals surface area contributed by atoms with E-state index in [1.807, 2.05) is 0 Å². The zero-order valence-electron chi connectivity index (χ0n) is 15.0. The first kappa shape index (κ1) is 18.2. The minimum atomic E-state index is 0.145. The summed E-state index contributed by atoms with van der Waals surface area (Å²) in [5, 5.41) is 4.67. The molecule has 0 bridgehead atoms. The molecule has 1 rings (SSSR count). The van der Waals surface area contributed by atoms with Gasteiger partial charge in [0.2, 0.25) is 0 Å². The summed E-state index contributed by atoms with van der Waals surface area (Å²) in [6.07, 6.45) is 1.16. The monoisotopic (exact) mass is 294 g/mol. The third-order valence-electron chi connectivity index (χ3n) is 4.40. The van der Waals surface area contributed by atoms with Gasteiger partial charge in [-0.15, -0.1) is 0 Å². The minimum absolute atomic E-state index is 0.145. The van der Waals surface area contributed by atoms with Crippen LogP contribution in [0.1, 0.15) is 64.0 Å². The minimum Gasteiger partial charge on any atom is -0.330 e. The highest BCUT2D eigenvalue weighted by Gasteiger charge is 2.27. The molecule has 2 N–H and O–H groups in total. The lowest BCUT2D eigenvalue weighted by Crippen LogP contribution is -2.40. The summed E-state index contributed by atoms with van der Waals surface area (Å²) in [7, 11) is 0. The molecule has 0 saturated carbocycles. The Morgan fingerprint density at radius 3 is 2.33 bits per heavy atom. The number of aryl methyl sites for hydroxylation is 2. The topological polar surface area (TPSA) is 47.1 Å². The van der Waals surface area contributed by atoms with Crippen molar-refractivity contribution >= 4 is 0 Å². The van der Waals surface area contributed by atoms with Crippen molar-refractivity contribution in [1.82, 2.24) is 14.7 Å². The quantitative estimate of drug-likeness (QED) is 0.800. The maximum atomic E-state index is 5.93. The number of aromatic nitrogens is 2. The van der Waals surface area contributed by atoms with Gasteiger partial charge in [0.25, 0.3) is 0 Å². The molecular formula is C17H34N4. The Hall–Kier alpha value is -0.870. The van der Waals surface area contributed by atoms with E-state index in [1.165, 1.54) is 11.3 Å². The Balaban J connectivity index is 3.06. The molecule has 1 atom stereocenters. The van der Waals surface area contributed by atoms with Crippen molar-refractivity contribution in [2.24, 2.45) is 11.1 Å². The van der Waals surface area contributed by atoms with Crippen molar-refractivity contribution in [2.75, 3.05) is 19.6 Å². The first-order valence-corrected chi connectivity index (χ1v) is 8.25. The average Bonchev–Trinajstić information content (AvgIpc) is 2.72. The van der Waals surface area contributed by atoms with E-state index >= 15 is 0 Å². The number of rotatable bonds is 8. The van der Waals surface area contributed by atoms with Crippen LogP contribution in [-0.4, -0.2) is 34.3 Å². The molecule has 1 heterocycles. The van der Waals surface area contributed by atoms with E-state index < -0.39 is 0 Å². The maximum Gasteiger partial charge on any atom is 0.0644 e. The second-order valence-electron chi connectivity index (χ2n) is 6.92. The fourth-order valence-electron chi connectivity index (χ4n) is 3.12. The molecule has 0 aliphatic heterocycles. The molecule has 1 aromatic rings. The first-order chi connectivity index (χ1) is 9.77. The van der Waals surface area contributed by atoms with Crippen LogP contribution < -0.4 is 5.73 Å². The van der Waals surface area contributed by atoms with Crippen LogP contribution in [0.4, 0.5) is 0 Å². The Morgan fingerprint density at radius 1 is 1.29 bits per heavy atom. The number of nitrogens with zero attached hydrogens (tertiary/aromatic N) is 3. The van der Waals surface area contributed by atoms with Crippen molar-refractivity contribution in [3.05, 3.63) is 17.0 Å². The van der Waals surface area contributed by atoms with Gasteiger partial charge in [0.1, 0.15) is 0 Å². The van der Waals surface area contributed by atoms with Crippen LogP contribution in [0.5, 0.6) is 0 Å². The Kier molecular flexibility index (Phi) is 6.41. The van der Waals surface area contributed by atoms with Crippen molar-refractivity contribution in [3.63, 3.8) is 0 Å². The van der Waals surface area contributed by atoms with Crippen LogP contribution in [-0.2, 0) is 6.54 Å². The second kappa shape index (κ2) is 7.41. The lowest BCUT2D eigenvalue weighted by atomic mass is 9.91. The first-order valence-electron chi connectivity index (χ1n) is 8.25. The summed E-state index contributed by atoms with van der Waals surface area (Å²) in [5.41, 5.74) is 9.92. The van der Waals surface area contributed by atoms with Gasteiger partial charge in [-0.1, -0.05) is 20.8 Å². The summed E-state index contributed by atoms with van der Waals surface area (Å²) in [5.74, 6) is 0. The highest BCUT2D eigenvalue weighted by molar-refractivity contribution is 5.28. The average molecular weight is 294 g/mol. The van der Waals surface area contributed by atoms with E-state index in [-0.39, 0.29) is 5.41 Å². The Labute approximate surface area is 130 Å². The Bertz CT molecular complexity index is 448. The molecule has 0 radical (unpaired) electrons. The lowest BCUT2D eigenvalue weighted by Gasteiger charge is -2.36. The van der Waals surface area contributed by atoms with Gasteiger partial charge in [0.05, 0.1) is 5.69 Å². The molecule has 0 aromatic carbocycles. The van der Waals surface area contributed by atoms with Crippen molar-refractivity contribution < 1.29 is 0 Å². The largest absolute Gasteiger partial charge is 0.330 e. The van der Waals surface area contributed by atoms with Gasteiger partial charge >= 0.3 is 0 Å². The number of hydrogen-bond acceptors (Lipinski definition) is 3. The number of nitrogens with two attached hydrogens (primary N) is 1. The smallest absolute Gasteiger partial charge is 0.0644 e. The SMILES string of the molecule is CCCN(CC(C)(C)CN)C(C)c1c(C)nn(CC)c1C. The summed E-state index contributed by atoms with van der Waals surface area (Å²) in [6, 6.07) is 0.385. The van der Waals surface area contributed by atoms with Gasteiger partial charge in [-0.05, 0) is 52.6 Å². The molecular weight excluding hydrogens is 260 g/mol. The van der Waals surface area contributed by atoms with E-state index in [0.717, 1.165) is 31.7 Å². The van der Waals surface area contributed by atoms with Gasteiger partial charge in [-0.3, -0.25) is 9.58 Å². The highest BCUT2D eigenvalue weighted by atomic mass is 15.3. The molecule has 0 saturated heterocycles. The molecule has 0 aliphatic carbocycles. The van der Waals surface area contributed by atoms with E-state index in [0.29, 0.717) is 12.6 Å². The second-order valence-corrected chi connectivity index (χ2v) is 6.92. The van der Waals surface area contributed by atoms with Crippen LogP contribution >= 0.6 is 0 Å². The maximum absolute atomic E-state index is 5.93. The van der Waals surface area contributed by atoms with E-state index in [4.69, 9.17) is 5.73 Å². The molecule has 0 spiro atoms. The standard InChI is InChI=1S/C17H34N4/c1-8-10-20(12-17(6,7)11-18)14(4)16-13(3)19-21(9-2)15(16)5/h14H,8-12,18H2,1-7H3. The van der Waals surface area contributed by atoms with Crippen LogP contribution in [0.25, 0.3) is 0 Å². The Morgan fingerprint density at radius 2 is 1.90 bits per heavy atom. The summed E-state index contributed by atoms with van der Waals surface area (Å²) in [6.45, 7) is 19.3. The zero-order valence-corrected chi connectivity index (χ0v) is 15.0. The highest BCUT2D eigenvalue weighted by Crippen LogP contribution is 2.29. The normalized spacial score (nSPS) is 14.0. The van der Waals surface area contributed by atoms with Crippen LogP contribution in [0.15, 0.2) is 0 Å². The molecule has 1 aromatic heterocycles. The summed E-state index contributed by atoms with van der Waals surface area (Å²) < 4.78 is 2.11. The van der Waals surface area contributed by atoms with Gasteiger partial charge in [0.15, 0.2) is 0 Å². The molecule has 21 heavy (non-hydrogen) atoms. The molecule has 0 fully saturated rings. The predicted octanol–water partition coefficient (Wildman–Crippen LogP) is 3.28. The molecule has 0 aliphatic rings. The van der Waals surface area contributed by atoms with Gasteiger partial charge in [0, 0.05) is 30.4 Å². The summed E-state index contributed by atoms with van der Waals surface area (Å²) in [4.78, 5) is 2.56. The van der Waals surface area contributed by atoms with Crippen molar-refractivity contribution in [3.8, 4) is 0 Å². The third kappa shape index (κ3) is 4.30. The van der Waals surface area contributed by atoms with Gasteiger partial charge < -0.3 is 5.73 Å². The molecule has 1 unspecified atom stereocenters. The van der Waals surface area contributed by atoms with Gasteiger partial charge in [-0.2, -0.15) is 5.10 Å². The lowest BCUT2D eigenvalue weighted by molar-refractivity contribution is 0.140. The molecule has 4 heteroatoms. The number of hydrogen-bond donors (Lipinski definition) is 1. The van der Waals surface area contributed by atoms with Crippen LogP contribution in [0, 0.1) is 19.3 Å². The van der Waals surface area contributed by atoms with Crippen LogP contribution in [0.2, 0.25) is 0 Å². The third-order valence-corrected chi connectivity index (χ3v) is 4.40. The van der Waals surface area contributed by atoms with E-state index in [9.17, 15) is 0 Å². The predicted molar refractivity (Wildman–Crippen MR) is 90.5 cm³/mol. The van der Waals surface area contributed by atoms with Crippen molar-refractivity contribution in [2.45, 2.75) is 67.5 Å². The van der Waals surface area contributed by atoms with E-state index in [1.54, 1.807) is 0 Å². The molecule has 122 valence electrons. The molecule has 4 nitrogen and oxygen atoms in total. The van der Waals surface area contributed by atoms with E-state index in [2.05, 4.69) is 63.1 Å². The fourth-order valence-corrected chi connectivity index (χ4v) is 3.12. The fraction of sp³-hybridized carbons (Fsp3) is 0.824. The van der Waals surface area contributed by atoms with Crippen molar-refractivity contribution in [1.29, 1.82) is 0 Å².